The van der Waals surface area contributed by atoms with Crippen LogP contribution < -0.4 is 0 Å². The van der Waals surface area contributed by atoms with Gasteiger partial charge >= 0.3 is 0 Å². The Hall–Kier alpha value is -1.86. The molecule has 2 aromatic heterocycles. The van der Waals surface area contributed by atoms with E-state index >= 15 is 0 Å². The molecule has 0 amide bonds. The van der Waals surface area contributed by atoms with Crippen molar-refractivity contribution >= 4 is 0 Å². The van der Waals surface area contributed by atoms with Gasteiger partial charge in [-0.1, -0.05) is 39.8 Å². The minimum atomic E-state index is -0.485. The van der Waals surface area contributed by atoms with E-state index in [2.05, 4.69) is 53.7 Å². The maximum absolute atomic E-state index is 6.50. The van der Waals surface area contributed by atoms with Crippen molar-refractivity contribution in [2.24, 2.45) is 0 Å². The van der Waals surface area contributed by atoms with Crippen LogP contribution in [-0.4, -0.2) is 33.8 Å². The summed E-state index contributed by atoms with van der Waals surface area (Å²) in [7, 11) is 0. The van der Waals surface area contributed by atoms with Crippen molar-refractivity contribution in [3.8, 4) is 11.4 Å². The van der Waals surface area contributed by atoms with Gasteiger partial charge in [0.15, 0.2) is 11.6 Å². The van der Waals surface area contributed by atoms with Gasteiger partial charge in [-0.15, -0.1) is 0 Å². The molecule has 0 bridgehead atoms. The van der Waals surface area contributed by atoms with E-state index in [9.17, 15) is 0 Å². The van der Waals surface area contributed by atoms with Gasteiger partial charge in [0.1, 0.15) is 12.2 Å². The molecule has 6 nitrogen and oxygen atoms in total. The molecule has 34 heavy (non-hydrogen) atoms. The van der Waals surface area contributed by atoms with E-state index in [0.717, 1.165) is 72.4 Å². The van der Waals surface area contributed by atoms with Crippen LogP contribution in [0.3, 0.4) is 0 Å². The van der Waals surface area contributed by atoms with Gasteiger partial charge in [-0.25, -0.2) is 9.97 Å². The maximum atomic E-state index is 6.50. The summed E-state index contributed by atoms with van der Waals surface area (Å²) < 4.78 is 25.8. The highest BCUT2D eigenvalue weighted by atomic mass is 16.8. The normalized spacial score (nSPS) is 29.7. The van der Waals surface area contributed by atoms with Gasteiger partial charge in [0, 0.05) is 12.8 Å². The molecular weight excluding hydrogens is 428 g/mol. The fraction of sp³-hybridized carbons (Fsp3) is 0.643. The van der Waals surface area contributed by atoms with Crippen molar-refractivity contribution in [3.05, 3.63) is 45.8 Å². The molecule has 0 spiro atoms. The first-order valence-electron chi connectivity index (χ1n) is 13.1. The smallest absolute Gasteiger partial charge is 0.169 e. The van der Waals surface area contributed by atoms with Crippen molar-refractivity contribution < 1.29 is 18.9 Å². The third kappa shape index (κ3) is 3.15. The largest absolute Gasteiger partial charge is 0.343 e. The summed E-state index contributed by atoms with van der Waals surface area (Å²) >= 11 is 0. The lowest BCUT2D eigenvalue weighted by atomic mass is 10.0. The van der Waals surface area contributed by atoms with Crippen molar-refractivity contribution in [3.63, 3.8) is 0 Å². The topological polar surface area (TPSA) is 62.7 Å². The number of aryl methyl sites for hydroxylation is 2. The van der Waals surface area contributed by atoms with Crippen molar-refractivity contribution in [2.45, 2.75) is 116 Å². The van der Waals surface area contributed by atoms with Crippen molar-refractivity contribution in [1.82, 2.24) is 9.97 Å². The number of pyridine rings is 2. The summed E-state index contributed by atoms with van der Waals surface area (Å²) in [5.41, 5.74) is 8.66. The molecule has 2 aliphatic carbocycles. The predicted octanol–water partition coefficient (Wildman–Crippen LogP) is 5.82. The van der Waals surface area contributed by atoms with Gasteiger partial charge in [-0.2, -0.15) is 0 Å². The van der Waals surface area contributed by atoms with E-state index in [1.807, 2.05) is 0 Å². The van der Waals surface area contributed by atoms with Crippen LogP contribution in [0.25, 0.3) is 11.4 Å². The number of nitrogens with zero attached hydrogens (tertiary/aromatic N) is 2. The zero-order chi connectivity index (χ0) is 23.8. The first-order valence-corrected chi connectivity index (χ1v) is 13.1. The van der Waals surface area contributed by atoms with E-state index in [1.54, 1.807) is 0 Å². The Morgan fingerprint density at radius 1 is 0.676 bits per heavy atom. The lowest BCUT2D eigenvalue weighted by Crippen LogP contribution is -2.29. The highest BCUT2D eigenvalue weighted by Crippen LogP contribution is 2.50. The van der Waals surface area contributed by atoms with Gasteiger partial charge in [0.25, 0.3) is 0 Å². The molecule has 0 unspecified atom stereocenters. The Balaban J connectivity index is 1.38. The predicted molar refractivity (Wildman–Crippen MR) is 128 cm³/mol. The number of rotatable bonds is 5. The zero-order valence-corrected chi connectivity index (χ0v) is 21.2. The average molecular weight is 465 g/mol. The third-order valence-corrected chi connectivity index (χ3v) is 8.50. The van der Waals surface area contributed by atoms with Crippen LogP contribution in [-0.2, 0) is 31.8 Å². The number of ether oxygens (including phenoxy) is 4. The summed E-state index contributed by atoms with van der Waals surface area (Å²) in [6, 6.07) is 4.52. The molecule has 2 saturated heterocycles. The van der Waals surface area contributed by atoms with Gasteiger partial charge in [-0.3, -0.25) is 0 Å². The second-order valence-electron chi connectivity index (χ2n) is 10.4. The first-order chi connectivity index (χ1) is 16.3. The SMILES string of the molecule is CCC1(CC)O[C@H]2Cc3cc(C)c(-c4nc5c(cc4C)C[C@@H]4OC(CC)(CC)O[C@H]54)nc3[C@H]2O1. The Kier molecular flexibility index (Phi) is 5.20. The van der Waals surface area contributed by atoms with Crippen molar-refractivity contribution in [1.29, 1.82) is 0 Å². The van der Waals surface area contributed by atoms with Crippen LogP contribution in [0.5, 0.6) is 0 Å². The second-order valence-corrected chi connectivity index (χ2v) is 10.4. The van der Waals surface area contributed by atoms with E-state index in [4.69, 9.17) is 28.9 Å². The lowest BCUT2D eigenvalue weighted by molar-refractivity contribution is -0.181. The van der Waals surface area contributed by atoms with Crippen LogP contribution in [0.1, 0.15) is 99.2 Å². The molecule has 182 valence electrons. The molecule has 0 saturated carbocycles. The van der Waals surface area contributed by atoms with Crippen LogP contribution in [0.4, 0.5) is 0 Å². The molecule has 4 aliphatic rings. The third-order valence-electron chi connectivity index (χ3n) is 8.50. The molecule has 6 rings (SSSR count). The molecular formula is C28H36N2O4. The van der Waals surface area contributed by atoms with Crippen molar-refractivity contribution in [2.75, 3.05) is 0 Å². The Morgan fingerprint density at radius 2 is 1.06 bits per heavy atom. The summed E-state index contributed by atoms with van der Waals surface area (Å²) in [4.78, 5) is 10.4. The molecule has 0 N–H and O–H groups in total. The monoisotopic (exact) mass is 464 g/mol. The molecule has 6 heteroatoms. The maximum Gasteiger partial charge on any atom is 0.169 e. The van der Waals surface area contributed by atoms with Gasteiger partial charge < -0.3 is 18.9 Å². The minimum absolute atomic E-state index is 0.0483. The molecule has 2 aliphatic heterocycles. The summed E-state index contributed by atoms with van der Waals surface area (Å²) in [5.74, 6) is -0.970. The summed E-state index contributed by atoms with van der Waals surface area (Å²) in [6.45, 7) is 12.8. The fourth-order valence-electron chi connectivity index (χ4n) is 6.37. The minimum Gasteiger partial charge on any atom is -0.343 e. The van der Waals surface area contributed by atoms with Crippen LogP contribution in [0.15, 0.2) is 12.1 Å². The van der Waals surface area contributed by atoms with E-state index in [1.165, 1.54) is 11.1 Å². The molecule has 2 aromatic rings. The average Bonchev–Trinajstić information content (AvgIpc) is 3.54. The molecule has 4 heterocycles. The summed E-state index contributed by atoms with van der Waals surface area (Å²) in [6.07, 6.45) is 4.99. The van der Waals surface area contributed by atoms with E-state index in [-0.39, 0.29) is 24.4 Å². The quantitative estimate of drug-likeness (QED) is 0.556. The van der Waals surface area contributed by atoms with Gasteiger partial charge in [0.05, 0.1) is 35.0 Å². The molecule has 4 atom stereocenters. The Bertz CT molecular complexity index is 1050. The van der Waals surface area contributed by atoms with Gasteiger partial charge in [-0.05, 0) is 61.8 Å². The molecule has 2 fully saturated rings. The number of hydrogen-bond acceptors (Lipinski definition) is 6. The highest BCUT2D eigenvalue weighted by Gasteiger charge is 2.52. The molecule has 0 aromatic carbocycles. The van der Waals surface area contributed by atoms with Crippen LogP contribution >= 0.6 is 0 Å². The van der Waals surface area contributed by atoms with Crippen LogP contribution in [0, 0.1) is 13.8 Å². The van der Waals surface area contributed by atoms with E-state index in [0.29, 0.717) is 0 Å². The highest BCUT2D eigenvalue weighted by molar-refractivity contribution is 5.65. The standard InChI is InChI=1S/C28H36N2O4/c1-7-27(8-2)31-19-13-17-11-15(5)21(29-23(17)25(19)33-27)22-16(6)12-18-14-20-26(24(18)30-22)34-28(9-3,10-4)32-20/h11-12,19-20,25-26H,7-10,13-14H2,1-6H3/t19-,20-,25-,26-/m0/s1. The zero-order valence-electron chi connectivity index (χ0n) is 21.2. The lowest BCUT2D eigenvalue weighted by Gasteiger charge is -2.26. The Morgan fingerprint density at radius 3 is 1.41 bits per heavy atom. The number of hydrogen-bond donors (Lipinski definition) is 0. The van der Waals surface area contributed by atoms with Gasteiger partial charge in [0.2, 0.25) is 0 Å². The van der Waals surface area contributed by atoms with E-state index < -0.39 is 11.6 Å². The van der Waals surface area contributed by atoms with Crippen LogP contribution in [0.2, 0.25) is 0 Å². The first kappa shape index (κ1) is 22.6. The fourth-order valence-corrected chi connectivity index (χ4v) is 6.37. The Labute approximate surface area is 202 Å². The summed E-state index contributed by atoms with van der Waals surface area (Å²) in [5, 5.41) is 0. The number of aromatic nitrogens is 2. The second kappa shape index (κ2) is 7.82. The molecule has 0 radical (unpaired) electrons. The number of fused-ring (bicyclic) bond motifs is 6.